The number of fused-ring (bicyclic) bond motifs is 2. The first kappa shape index (κ1) is 25.4. The highest BCUT2D eigenvalue weighted by molar-refractivity contribution is 9.10. The zero-order valence-electron chi connectivity index (χ0n) is 19.3. The number of hydrogen-bond acceptors (Lipinski definition) is 6. The third kappa shape index (κ3) is 4.59. The molecule has 1 aliphatic carbocycles. The number of nitro groups is 1. The van der Waals surface area contributed by atoms with Crippen LogP contribution in [0.5, 0.6) is 0 Å². The van der Waals surface area contributed by atoms with E-state index in [0.29, 0.717) is 12.1 Å². The summed E-state index contributed by atoms with van der Waals surface area (Å²) in [5.74, 6) is -0.540. The highest BCUT2D eigenvalue weighted by Crippen LogP contribution is 2.47. The van der Waals surface area contributed by atoms with Crippen molar-refractivity contribution in [3.05, 3.63) is 37.2 Å². The predicted octanol–water partition coefficient (Wildman–Crippen LogP) is 6.45. The standard InChI is InChI=1S/C20H21BrClFN4O4.C2H6/c1-8-5-10-15(13(23)12(8)21)25-18(22)17(27(29)30)16(10)24-14-9-6-11(14)26(7-9)19(28)31-20(2,3)4;1-2/h5,9,11,14H,6-7H2,1-4H3,(H,24,25);1-2H3. The highest BCUT2D eigenvalue weighted by atomic mass is 79.9. The minimum Gasteiger partial charge on any atom is -0.444 e. The average molecular weight is 546 g/mol. The zero-order valence-corrected chi connectivity index (χ0v) is 21.7. The van der Waals surface area contributed by atoms with Gasteiger partial charge in [-0.25, -0.2) is 14.2 Å². The summed E-state index contributed by atoms with van der Waals surface area (Å²) in [5.41, 5.74) is -0.418. The number of ether oxygens (including phenoxy) is 1. The molecule has 2 aromatic rings. The molecule has 1 amide bonds. The maximum absolute atomic E-state index is 14.8. The molecule has 2 bridgehead atoms. The van der Waals surface area contributed by atoms with Crippen molar-refractivity contribution in [3.63, 3.8) is 0 Å². The Labute approximate surface area is 205 Å². The van der Waals surface area contributed by atoms with Crippen molar-refractivity contribution >= 4 is 55.9 Å². The van der Waals surface area contributed by atoms with Crippen molar-refractivity contribution in [1.29, 1.82) is 0 Å². The van der Waals surface area contributed by atoms with Gasteiger partial charge in [0.25, 0.3) is 0 Å². The fourth-order valence-corrected chi connectivity index (χ4v) is 4.82. The lowest BCUT2D eigenvalue weighted by Gasteiger charge is -2.37. The first-order valence-corrected chi connectivity index (χ1v) is 11.9. The third-order valence-electron chi connectivity index (χ3n) is 5.69. The Morgan fingerprint density at radius 1 is 1.42 bits per heavy atom. The summed E-state index contributed by atoms with van der Waals surface area (Å²) >= 11 is 9.27. The molecule has 3 heterocycles. The van der Waals surface area contributed by atoms with Crippen molar-refractivity contribution in [3.8, 4) is 0 Å². The SMILES string of the molecule is CC.Cc1cc2c(NC3C4CC3N(C(=O)OC(C)(C)C)C4)c([N+](=O)[O-])c(Cl)nc2c(F)c1Br. The molecule has 33 heavy (non-hydrogen) atoms. The molecule has 8 nitrogen and oxygen atoms in total. The molecule has 1 saturated carbocycles. The van der Waals surface area contributed by atoms with Gasteiger partial charge in [-0.2, -0.15) is 0 Å². The molecule has 3 aliphatic rings. The Kier molecular flexibility index (Phi) is 7.10. The number of anilines is 1. The summed E-state index contributed by atoms with van der Waals surface area (Å²) in [6.07, 6.45) is 0.350. The molecule has 0 radical (unpaired) electrons. The van der Waals surface area contributed by atoms with Gasteiger partial charge in [-0.15, -0.1) is 0 Å². The minimum atomic E-state index is -0.637. The lowest BCUT2D eigenvalue weighted by molar-refractivity contribution is -0.384. The van der Waals surface area contributed by atoms with Crippen molar-refractivity contribution in [2.75, 3.05) is 11.9 Å². The van der Waals surface area contributed by atoms with E-state index in [2.05, 4.69) is 26.2 Å². The van der Waals surface area contributed by atoms with Crippen LogP contribution in [-0.4, -0.2) is 45.1 Å². The number of hydrogen-bond donors (Lipinski definition) is 1. The molecular formula is C22H27BrClFN4O4. The monoisotopic (exact) mass is 544 g/mol. The Morgan fingerprint density at radius 2 is 2.06 bits per heavy atom. The van der Waals surface area contributed by atoms with Gasteiger partial charge in [0.2, 0.25) is 5.15 Å². The normalized spacial score (nSPS) is 21.2. The Balaban J connectivity index is 0.00000149. The molecule has 3 fully saturated rings. The van der Waals surface area contributed by atoms with Gasteiger partial charge >= 0.3 is 11.8 Å². The smallest absolute Gasteiger partial charge is 0.410 e. The summed E-state index contributed by atoms with van der Waals surface area (Å²) in [5, 5.41) is 14.8. The first-order chi connectivity index (χ1) is 15.4. The highest BCUT2D eigenvalue weighted by Gasteiger charge is 2.55. The number of aromatic nitrogens is 1. The van der Waals surface area contributed by atoms with Crippen LogP contribution in [0.25, 0.3) is 10.9 Å². The maximum Gasteiger partial charge on any atom is 0.410 e. The number of aryl methyl sites for hydroxylation is 1. The topological polar surface area (TPSA) is 97.6 Å². The van der Waals surface area contributed by atoms with Crippen LogP contribution < -0.4 is 5.32 Å². The van der Waals surface area contributed by atoms with E-state index in [4.69, 9.17) is 16.3 Å². The summed E-state index contributed by atoms with van der Waals surface area (Å²) in [4.78, 5) is 29.3. The number of pyridine rings is 1. The van der Waals surface area contributed by atoms with Crippen LogP contribution in [0.3, 0.4) is 0 Å². The number of nitrogens with one attached hydrogen (secondary N) is 1. The fraction of sp³-hybridized carbons (Fsp3) is 0.545. The largest absolute Gasteiger partial charge is 0.444 e. The summed E-state index contributed by atoms with van der Waals surface area (Å²) < 4.78 is 20.5. The number of benzene rings is 1. The maximum atomic E-state index is 14.8. The Bertz CT molecular complexity index is 1120. The van der Waals surface area contributed by atoms with Crippen LogP contribution >= 0.6 is 27.5 Å². The molecule has 0 spiro atoms. The van der Waals surface area contributed by atoms with E-state index in [1.165, 1.54) is 0 Å². The quantitative estimate of drug-likeness (QED) is 0.270. The zero-order chi connectivity index (χ0) is 24.8. The van der Waals surface area contributed by atoms with Crippen molar-refractivity contribution in [1.82, 2.24) is 9.88 Å². The van der Waals surface area contributed by atoms with E-state index in [0.717, 1.165) is 6.42 Å². The van der Waals surface area contributed by atoms with Crippen LogP contribution in [0.15, 0.2) is 10.5 Å². The van der Waals surface area contributed by atoms with Gasteiger partial charge < -0.3 is 15.0 Å². The van der Waals surface area contributed by atoms with E-state index >= 15 is 0 Å². The van der Waals surface area contributed by atoms with Crippen molar-refractivity contribution in [2.45, 2.75) is 65.6 Å². The van der Waals surface area contributed by atoms with Crippen molar-refractivity contribution < 1.29 is 18.8 Å². The molecule has 1 aromatic carbocycles. The molecule has 3 atom stereocenters. The number of rotatable bonds is 3. The second kappa shape index (κ2) is 9.21. The lowest BCUT2D eigenvalue weighted by atomic mass is 9.79. The van der Waals surface area contributed by atoms with Crippen LogP contribution in [0, 0.1) is 28.8 Å². The van der Waals surface area contributed by atoms with Gasteiger partial charge in [-0.3, -0.25) is 10.1 Å². The molecule has 5 rings (SSSR count). The van der Waals surface area contributed by atoms with E-state index in [1.807, 2.05) is 13.8 Å². The minimum absolute atomic E-state index is 0.0637. The molecule has 11 heteroatoms. The van der Waals surface area contributed by atoms with E-state index in [1.54, 1.807) is 38.7 Å². The number of carbonyl (C=O) groups excluding carboxylic acids is 1. The van der Waals surface area contributed by atoms with Gasteiger partial charge in [0, 0.05) is 17.8 Å². The number of halogens is 3. The fourth-order valence-electron chi connectivity index (χ4n) is 4.27. The van der Waals surface area contributed by atoms with Gasteiger partial charge in [-0.1, -0.05) is 25.4 Å². The van der Waals surface area contributed by atoms with Gasteiger partial charge in [-0.05, 0) is 61.7 Å². The summed E-state index contributed by atoms with van der Waals surface area (Å²) in [6, 6.07) is 1.22. The van der Waals surface area contributed by atoms with Gasteiger partial charge in [0.1, 0.15) is 16.8 Å². The first-order valence-electron chi connectivity index (χ1n) is 10.8. The third-order valence-corrected chi connectivity index (χ3v) is 6.93. The van der Waals surface area contributed by atoms with Crippen molar-refractivity contribution in [2.24, 2.45) is 5.92 Å². The number of carbonyl (C=O) groups is 1. The van der Waals surface area contributed by atoms with Crippen LogP contribution in [0.2, 0.25) is 5.15 Å². The summed E-state index contributed by atoms with van der Waals surface area (Å²) in [7, 11) is 0. The van der Waals surface area contributed by atoms with Gasteiger partial charge in [0.05, 0.1) is 21.5 Å². The van der Waals surface area contributed by atoms with E-state index in [9.17, 15) is 19.3 Å². The molecule has 2 saturated heterocycles. The van der Waals surface area contributed by atoms with Crippen LogP contribution in [-0.2, 0) is 4.74 Å². The summed E-state index contributed by atoms with van der Waals surface area (Å²) in [6.45, 7) is 11.6. The van der Waals surface area contributed by atoms with Crippen LogP contribution in [0.4, 0.5) is 20.6 Å². The second-order valence-corrected chi connectivity index (χ2v) is 10.1. The van der Waals surface area contributed by atoms with Crippen LogP contribution in [0.1, 0.15) is 46.6 Å². The van der Waals surface area contributed by atoms with Gasteiger partial charge in [0.15, 0.2) is 5.82 Å². The predicted molar refractivity (Wildman–Crippen MR) is 129 cm³/mol. The lowest BCUT2D eigenvalue weighted by Crippen LogP contribution is -2.50. The number of nitrogens with zero attached hydrogens (tertiary/aromatic N) is 3. The molecule has 1 N–H and O–H groups in total. The molecule has 1 aromatic heterocycles. The van der Waals surface area contributed by atoms with E-state index < -0.39 is 33.3 Å². The molecule has 180 valence electrons. The van der Waals surface area contributed by atoms with E-state index in [-0.39, 0.29) is 39.1 Å². The molecular weight excluding hydrogens is 519 g/mol. The molecule has 2 aliphatic heterocycles. The Hall–Kier alpha value is -2.20. The number of amides is 1. The second-order valence-electron chi connectivity index (χ2n) is 8.97. The molecule has 3 unspecified atom stereocenters. The average Bonchev–Trinajstić information content (AvgIpc) is 3.31. The Morgan fingerprint density at radius 3 is 2.64 bits per heavy atom.